The molecule has 0 unspecified atom stereocenters. The van der Waals surface area contributed by atoms with E-state index in [9.17, 15) is 13.2 Å². The average Bonchev–Trinajstić information content (AvgIpc) is 2.16. The molecule has 1 amide bonds. The predicted molar refractivity (Wildman–Crippen MR) is 51.3 cm³/mol. The molecular formula is C8H8N2O3S. The summed E-state index contributed by atoms with van der Waals surface area (Å²) in [6.07, 6.45) is 0. The van der Waals surface area contributed by atoms with E-state index in [1.54, 1.807) is 24.3 Å². The second-order valence-electron chi connectivity index (χ2n) is 2.42. The molecule has 1 aromatic rings. The van der Waals surface area contributed by atoms with Crippen molar-refractivity contribution in [3.05, 3.63) is 30.3 Å². The monoisotopic (exact) mass is 212 g/mol. The number of benzene rings is 1. The molecule has 0 aromatic heterocycles. The van der Waals surface area contributed by atoms with Crippen molar-refractivity contribution in [3.63, 3.8) is 0 Å². The first-order valence-electron chi connectivity index (χ1n) is 3.80. The molecule has 0 aliphatic carbocycles. The molecule has 0 saturated carbocycles. The van der Waals surface area contributed by atoms with Gasteiger partial charge in [0.25, 0.3) is 0 Å². The summed E-state index contributed by atoms with van der Waals surface area (Å²) in [4.78, 5) is 11.0. The van der Waals surface area contributed by atoms with Gasteiger partial charge in [0.1, 0.15) is 6.54 Å². The van der Waals surface area contributed by atoms with Gasteiger partial charge in [-0.3, -0.25) is 4.79 Å². The summed E-state index contributed by atoms with van der Waals surface area (Å²) in [6.45, 7) is -0.384. The molecule has 5 nitrogen and oxygen atoms in total. The highest BCUT2D eigenvalue weighted by Crippen LogP contribution is 2.04. The van der Waals surface area contributed by atoms with Crippen molar-refractivity contribution in [1.82, 2.24) is 0 Å². The number of rotatable bonds is 3. The molecular weight excluding hydrogens is 204 g/mol. The molecule has 1 rings (SSSR count). The molecule has 0 radical (unpaired) electrons. The molecule has 0 saturated heterocycles. The van der Waals surface area contributed by atoms with Gasteiger partial charge in [-0.2, -0.15) is 12.8 Å². The summed E-state index contributed by atoms with van der Waals surface area (Å²) in [6, 6.07) is 8.74. The summed E-state index contributed by atoms with van der Waals surface area (Å²) >= 11 is 0. The van der Waals surface area contributed by atoms with Crippen molar-refractivity contribution in [2.45, 2.75) is 0 Å². The minimum absolute atomic E-state index is 0.384. The first-order chi connectivity index (χ1) is 6.68. The van der Waals surface area contributed by atoms with E-state index >= 15 is 0 Å². The Balaban J connectivity index is 2.54. The van der Waals surface area contributed by atoms with Crippen molar-refractivity contribution >= 4 is 22.1 Å². The van der Waals surface area contributed by atoms with Crippen LogP contribution in [0.3, 0.4) is 0 Å². The van der Waals surface area contributed by atoms with Crippen molar-refractivity contribution in [2.75, 3.05) is 11.9 Å². The number of anilines is 1. The second-order valence-corrected chi connectivity index (χ2v) is 3.11. The second kappa shape index (κ2) is 5.13. The van der Waals surface area contributed by atoms with Crippen LogP contribution in [0, 0.1) is 0 Å². The van der Waals surface area contributed by atoms with Gasteiger partial charge in [-0.15, -0.1) is 0 Å². The molecule has 14 heavy (non-hydrogen) atoms. The molecule has 74 valence electrons. The summed E-state index contributed by atoms with van der Waals surface area (Å²) in [5.41, 5.74) is 0.615. The van der Waals surface area contributed by atoms with Crippen LogP contribution >= 0.6 is 0 Å². The van der Waals surface area contributed by atoms with Crippen molar-refractivity contribution in [1.29, 1.82) is 0 Å². The van der Waals surface area contributed by atoms with E-state index in [-0.39, 0.29) is 6.54 Å². The Morgan fingerprint density at radius 3 is 2.50 bits per heavy atom. The molecule has 0 aliphatic rings. The van der Waals surface area contributed by atoms with Gasteiger partial charge in [0.2, 0.25) is 5.91 Å². The Hall–Kier alpha value is -1.69. The SMILES string of the molecule is O=C(CN=S(=O)=O)Nc1ccccc1. The third-order valence-electron chi connectivity index (χ3n) is 1.37. The van der Waals surface area contributed by atoms with Crippen LogP contribution in [-0.2, 0) is 15.3 Å². The molecule has 0 fully saturated rings. The van der Waals surface area contributed by atoms with E-state index in [2.05, 4.69) is 9.68 Å². The Morgan fingerprint density at radius 1 is 1.29 bits per heavy atom. The highest BCUT2D eigenvalue weighted by atomic mass is 32.2. The number of carbonyl (C=O) groups excluding carboxylic acids is 1. The van der Waals surface area contributed by atoms with E-state index in [4.69, 9.17) is 0 Å². The van der Waals surface area contributed by atoms with Crippen molar-refractivity contribution < 1.29 is 13.2 Å². The molecule has 0 spiro atoms. The van der Waals surface area contributed by atoms with E-state index in [1.165, 1.54) is 0 Å². The number of nitrogens with one attached hydrogen (secondary N) is 1. The van der Waals surface area contributed by atoms with Crippen molar-refractivity contribution in [3.8, 4) is 0 Å². The van der Waals surface area contributed by atoms with Crippen LogP contribution in [0.4, 0.5) is 5.69 Å². The lowest BCUT2D eigenvalue weighted by Crippen LogP contribution is -2.14. The highest BCUT2D eigenvalue weighted by molar-refractivity contribution is 7.61. The quantitative estimate of drug-likeness (QED) is 0.800. The van der Waals surface area contributed by atoms with E-state index in [0.717, 1.165) is 0 Å². The van der Waals surface area contributed by atoms with Crippen molar-refractivity contribution in [2.24, 2.45) is 4.36 Å². The van der Waals surface area contributed by atoms with Gasteiger partial charge in [0.05, 0.1) is 0 Å². The highest BCUT2D eigenvalue weighted by Gasteiger charge is 1.99. The molecule has 0 bridgehead atoms. The first-order valence-corrected chi connectivity index (χ1v) is 4.83. The first kappa shape index (κ1) is 10.4. The molecule has 0 heterocycles. The standard InChI is InChI=1S/C8H8N2O3S/c11-8(6-9-14(12)13)10-7-4-2-1-3-5-7/h1-5H,6H2,(H,10,11). The Labute approximate surface area is 82.5 Å². The molecule has 0 aliphatic heterocycles. The zero-order chi connectivity index (χ0) is 10.4. The Morgan fingerprint density at radius 2 is 1.93 bits per heavy atom. The van der Waals surface area contributed by atoms with Crippen LogP contribution in [-0.4, -0.2) is 20.9 Å². The van der Waals surface area contributed by atoms with Crippen LogP contribution in [0.25, 0.3) is 0 Å². The van der Waals surface area contributed by atoms with Crippen LogP contribution < -0.4 is 5.32 Å². The van der Waals surface area contributed by atoms with E-state index in [0.29, 0.717) is 5.69 Å². The smallest absolute Gasteiger partial charge is 0.311 e. The Kier molecular flexibility index (Phi) is 3.81. The third-order valence-corrected chi connectivity index (χ3v) is 1.71. The van der Waals surface area contributed by atoms with Crippen LogP contribution in [0.5, 0.6) is 0 Å². The summed E-state index contributed by atoms with van der Waals surface area (Å²) in [5, 5.41) is 2.49. The molecule has 0 atom stereocenters. The number of nitrogens with zero attached hydrogens (tertiary/aromatic N) is 1. The fourth-order valence-corrected chi connectivity index (χ4v) is 1.06. The minimum Gasteiger partial charge on any atom is -0.324 e. The molecule has 1 N–H and O–H groups in total. The van der Waals surface area contributed by atoms with Crippen LogP contribution in [0.15, 0.2) is 34.7 Å². The maximum absolute atomic E-state index is 11.0. The fourth-order valence-electron chi connectivity index (χ4n) is 0.833. The Bertz CT molecular complexity index is 431. The maximum atomic E-state index is 11.0. The zero-order valence-electron chi connectivity index (χ0n) is 7.17. The predicted octanol–water partition coefficient (Wildman–Crippen LogP) is 0.688. The van der Waals surface area contributed by atoms with Gasteiger partial charge in [0.15, 0.2) is 0 Å². The zero-order valence-corrected chi connectivity index (χ0v) is 7.99. The lowest BCUT2D eigenvalue weighted by atomic mass is 10.3. The van der Waals surface area contributed by atoms with Gasteiger partial charge >= 0.3 is 10.5 Å². The number of amides is 1. The van der Waals surface area contributed by atoms with Crippen LogP contribution in [0.2, 0.25) is 0 Å². The summed E-state index contributed by atoms with van der Waals surface area (Å²) < 4.78 is 23.0. The normalized spacial score (nSPS) is 9.14. The maximum Gasteiger partial charge on any atom is 0.311 e. The number of carbonyl (C=O) groups is 1. The fraction of sp³-hybridized carbons (Fsp3) is 0.125. The van der Waals surface area contributed by atoms with Gasteiger partial charge < -0.3 is 5.32 Å². The molecule has 6 heteroatoms. The number of para-hydroxylation sites is 1. The lowest BCUT2D eigenvalue weighted by molar-refractivity contribution is -0.114. The minimum atomic E-state index is -2.53. The third kappa shape index (κ3) is 3.81. The van der Waals surface area contributed by atoms with Gasteiger partial charge in [0, 0.05) is 5.69 Å². The number of hydrogen-bond acceptors (Lipinski definition) is 4. The summed E-state index contributed by atoms with van der Waals surface area (Å²) in [7, 11) is -2.53. The van der Waals surface area contributed by atoms with Crippen LogP contribution in [0.1, 0.15) is 0 Å². The average molecular weight is 212 g/mol. The van der Waals surface area contributed by atoms with Gasteiger partial charge in [-0.1, -0.05) is 18.2 Å². The van der Waals surface area contributed by atoms with E-state index < -0.39 is 16.4 Å². The topological polar surface area (TPSA) is 75.6 Å². The van der Waals surface area contributed by atoms with Gasteiger partial charge in [-0.25, -0.2) is 0 Å². The van der Waals surface area contributed by atoms with E-state index in [1.807, 2.05) is 6.07 Å². The lowest BCUT2D eigenvalue weighted by Gasteiger charge is -2.00. The largest absolute Gasteiger partial charge is 0.324 e. The van der Waals surface area contributed by atoms with Gasteiger partial charge in [-0.05, 0) is 12.1 Å². The number of hydrogen-bond donors (Lipinski definition) is 1. The summed E-state index contributed by atoms with van der Waals surface area (Å²) in [5.74, 6) is -0.458. The molecule has 1 aromatic carbocycles.